The second-order valence-corrected chi connectivity index (χ2v) is 7.32. The molecule has 2 aromatic rings. The van der Waals surface area contributed by atoms with E-state index in [4.69, 9.17) is 21.7 Å². The van der Waals surface area contributed by atoms with E-state index in [1.807, 2.05) is 0 Å². The van der Waals surface area contributed by atoms with E-state index < -0.39 is 24.4 Å². The van der Waals surface area contributed by atoms with Crippen molar-refractivity contribution in [3.63, 3.8) is 0 Å². The third-order valence-corrected chi connectivity index (χ3v) is 5.27. The molecule has 0 unspecified atom stereocenters. The van der Waals surface area contributed by atoms with Crippen molar-refractivity contribution >= 4 is 52.2 Å². The first-order chi connectivity index (χ1) is 12.8. The molecule has 2 heterocycles. The van der Waals surface area contributed by atoms with Crippen LogP contribution >= 0.6 is 24.0 Å². The van der Waals surface area contributed by atoms with Crippen molar-refractivity contribution in [2.24, 2.45) is 0 Å². The molecule has 0 spiro atoms. The van der Waals surface area contributed by atoms with E-state index in [1.54, 1.807) is 31.2 Å². The average Bonchev–Trinajstić information content (AvgIpc) is 3.15. The summed E-state index contributed by atoms with van der Waals surface area (Å²) in [6.45, 7) is 1.20. The van der Waals surface area contributed by atoms with Crippen molar-refractivity contribution in [2.45, 2.75) is 6.92 Å². The lowest BCUT2D eigenvalue weighted by Gasteiger charge is -2.09. The topological polar surface area (TPSA) is 108 Å². The van der Waals surface area contributed by atoms with Crippen LogP contribution in [0.25, 0.3) is 17.4 Å². The van der Waals surface area contributed by atoms with Crippen molar-refractivity contribution < 1.29 is 29.0 Å². The number of amides is 1. The number of aliphatic carboxylic acids is 1. The maximum absolute atomic E-state index is 12.3. The molecule has 7 nitrogen and oxygen atoms in total. The zero-order valence-corrected chi connectivity index (χ0v) is 15.6. The summed E-state index contributed by atoms with van der Waals surface area (Å²) in [6.07, 6.45) is 1.49. The maximum atomic E-state index is 12.3. The molecular formula is C18H13NO6S2. The Morgan fingerprint density at radius 3 is 2.67 bits per heavy atom. The van der Waals surface area contributed by atoms with Gasteiger partial charge in [0, 0.05) is 11.6 Å². The van der Waals surface area contributed by atoms with Gasteiger partial charge in [-0.2, -0.15) is 0 Å². The Morgan fingerprint density at radius 2 is 2.00 bits per heavy atom. The largest absolute Gasteiger partial charge is 0.480 e. The van der Waals surface area contributed by atoms with E-state index in [9.17, 15) is 19.5 Å². The molecule has 0 bridgehead atoms. The standard InChI is InChI=1S/C18H13NO6S2/c1-9-11(3-2-4-12(9)17(23)24)13-6-5-10(25-13)7-14-16(22)19(8-15(20)21)18(26)27-14/h2-7H,8H2,1H3,(H,20,21)(H,23,24)/b14-7-. The Balaban J connectivity index is 1.89. The molecule has 0 aliphatic carbocycles. The SMILES string of the molecule is Cc1c(C(=O)O)cccc1-c1ccc(/C=C2\SC(=S)N(CC(=O)O)C2=O)o1. The van der Waals surface area contributed by atoms with E-state index in [0.717, 1.165) is 16.7 Å². The minimum atomic E-state index is -1.15. The monoisotopic (exact) mass is 403 g/mol. The summed E-state index contributed by atoms with van der Waals surface area (Å²) in [7, 11) is 0. The van der Waals surface area contributed by atoms with Gasteiger partial charge in [0.15, 0.2) is 0 Å². The van der Waals surface area contributed by atoms with Gasteiger partial charge < -0.3 is 14.6 Å². The Hall–Kier alpha value is -2.91. The summed E-state index contributed by atoms with van der Waals surface area (Å²) >= 11 is 6.05. The first kappa shape index (κ1) is 18.9. The summed E-state index contributed by atoms with van der Waals surface area (Å²) in [5.74, 6) is -1.83. The molecule has 3 rings (SSSR count). The third-order valence-electron chi connectivity index (χ3n) is 3.90. The number of hydrogen-bond acceptors (Lipinski definition) is 6. The van der Waals surface area contributed by atoms with Crippen LogP contribution in [0.15, 0.2) is 39.7 Å². The number of furan rings is 1. The van der Waals surface area contributed by atoms with Crippen molar-refractivity contribution in [1.82, 2.24) is 4.90 Å². The molecule has 1 aliphatic heterocycles. The van der Waals surface area contributed by atoms with Crippen molar-refractivity contribution in [3.05, 3.63) is 52.1 Å². The van der Waals surface area contributed by atoms with E-state index in [2.05, 4.69) is 0 Å². The van der Waals surface area contributed by atoms with Gasteiger partial charge in [0.05, 0.1) is 10.5 Å². The predicted molar refractivity (Wildman–Crippen MR) is 103 cm³/mol. The number of carboxylic acids is 2. The summed E-state index contributed by atoms with van der Waals surface area (Å²) in [4.78, 5) is 35.7. The number of benzene rings is 1. The van der Waals surface area contributed by atoms with Crippen LogP contribution in [-0.2, 0) is 9.59 Å². The van der Waals surface area contributed by atoms with Crippen LogP contribution in [0.1, 0.15) is 21.7 Å². The zero-order chi connectivity index (χ0) is 19.7. The van der Waals surface area contributed by atoms with Gasteiger partial charge in [-0.15, -0.1) is 0 Å². The van der Waals surface area contributed by atoms with Crippen molar-refractivity contribution in [2.75, 3.05) is 6.54 Å². The number of thioether (sulfide) groups is 1. The normalized spacial score (nSPS) is 15.6. The highest BCUT2D eigenvalue weighted by atomic mass is 32.2. The minimum absolute atomic E-state index is 0.172. The molecule has 2 N–H and O–H groups in total. The van der Waals surface area contributed by atoms with Gasteiger partial charge in [0.1, 0.15) is 22.4 Å². The third kappa shape index (κ3) is 3.79. The Labute approximate surface area is 163 Å². The summed E-state index contributed by atoms with van der Waals surface area (Å²) in [6, 6.07) is 8.21. The smallest absolute Gasteiger partial charge is 0.335 e. The van der Waals surface area contributed by atoms with Crippen LogP contribution in [0.2, 0.25) is 0 Å². The molecule has 138 valence electrons. The highest BCUT2D eigenvalue weighted by Crippen LogP contribution is 2.34. The van der Waals surface area contributed by atoms with E-state index in [-0.39, 0.29) is 14.8 Å². The number of nitrogens with zero attached hydrogens (tertiary/aromatic N) is 1. The average molecular weight is 403 g/mol. The number of carboxylic acid groups (broad SMARTS) is 2. The van der Waals surface area contributed by atoms with Crippen LogP contribution < -0.4 is 0 Å². The summed E-state index contributed by atoms with van der Waals surface area (Å²) in [5.41, 5.74) is 1.38. The molecule has 0 atom stereocenters. The lowest BCUT2D eigenvalue weighted by molar-refractivity contribution is -0.140. The Bertz CT molecular complexity index is 1010. The van der Waals surface area contributed by atoms with Crippen LogP contribution in [0.3, 0.4) is 0 Å². The molecule has 1 aliphatic rings. The van der Waals surface area contributed by atoms with Gasteiger partial charge in [-0.05, 0) is 30.7 Å². The van der Waals surface area contributed by atoms with Crippen LogP contribution in [0.4, 0.5) is 0 Å². The van der Waals surface area contributed by atoms with E-state index >= 15 is 0 Å². The first-order valence-corrected chi connectivity index (χ1v) is 8.90. The highest BCUT2D eigenvalue weighted by Gasteiger charge is 2.33. The molecular weight excluding hydrogens is 390 g/mol. The second-order valence-electron chi connectivity index (χ2n) is 5.65. The Kier molecular flexibility index (Phi) is 5.15. The lowest BCUT2D eigenvalue weighted by atomic mass is 10.0. The first-order valence-electron chi connectivity index (χ1n) is 7.68. The number of rotatable bonds is 5. The van der Waals surface area contributed by atoms with Crippen LogP contribution in [0, 0.1) is 6.92 Å². The maximum Gasteiger partial charge on any atom is 0.335 e. The van der Waals surface area contributed by atoms with Gasteiger partial charge in [0.25, 0.3) is 5.91 Å². The fourth-order valence-corrected chi connectivity index (χ4v) is 3.85. The van der Waals surface area contributed by atoms with Gasteiger partial charge in [-0.3, -0.25) is 14.5 Å². The van der Waals surface area contributed by atoms with Crippen molar-refractivity contribution in [3.8, 4) is 11.3 Å². The summed E-state index contributed by atoms with van der Waals surface area (Å²) < 4.78 is 5.91. The molecule has 27 heavy (non-hydrogen) atoms. The van der Waals surface area contributed by atoms with E-state index in [1.165, 1.54) is 12.1 Å². The van der Waals surface area contributed by atoms with Crippen LogP contribution in [-0.4, -0.2) is 43.8 Å². The molecule has 0 radical (unpaired) electrons. The quantitative estimate of drug-likeness (QED) is 0.579. The van der Waals surface area contributed by atoms with E-state index in [0.29, 0.717) is 22.6 Å². The molecule has 1 aromatic carbocycles. The zero-order valence-electron chi connectivity index (χ0n) is 14.0. The number of hydrogen-bond donors (Lipinski definition) is 2. The fourth-order valence-electron chi connectivity index (χ4n) is 2.61. The number of aromatic carboxylic acids is 1. The molecule has 1 saturated heterocycles. The van der Waals surface area contributed by atoms with Crippen molar-refractivity contribution in [1.29, 1.82) is 0 Å². The highest BCUT2D eigenvalue weighted by molar-refractivity contribution is 8.26. The molecule has 9 heteroatoms. The second kappa shape index (κ2) is 7.37. The van der Waals surface area contributed by atoms with Gasteiger partial charge in [-0.1, -0.05) is 36.1 Å². The number of carbonyl (C=O) groups is 3. The fraction of sp³-hybridized carbons (Fsp3) is 0.111. The lowest BCUT2D eigenvalue weighted by Crippen LogP contribution is -2.33. The number of thiocarbonyl (C=S) groups is 1. The van der Waals surface area contributed by atoms with Crippen LogP contribution in [0.5, 0.6) is 0 Å². The molecule has 1 amide bonds. The summed E-state index contributed by atoms with van der Waals surface area (Å²) in [5, 5.41) is 18.1. The predicted octanol–water partition coefficient (Wildman–Crippen LogP) is 3.24. The molecule has 1 fully saturated rings. The minimum Gasteiger partial charge on any atom is -0.480 e. The van der Waals surface area contributed by atoms with Gasteiger partial charge in [0.2, 0.25) is 0 Å². The van der Waals surface area contributed by atoms with Gasteiger partial charge in [-0.25, -0.2) is 4.79 Å². The molecule has 0 saturated carbocycles. The number of carbonyl (C=O) groups excluding carboxylic acids is 1. The molecule has 1 aromatic heterocycles. The Morgan fingerprint density at radius 1 is 1.26 bits per heavy atom. The van der Waals surface area contributed by atoms with Gasteiger partial charge >= 0.3 is 11.9 Å².